The minimum absolute atomic E-state index is 0.255. The summed E-state index contributed by atoms with van der Waals surface area (Å²) in [6.07, 6.45) is 1.85. The van der Waals surface area contributed by atoms with Crippen LogP contribution >= 0.6 is 31.9 Å². The number of amides is 1. The van der Waals surface area contributed by atoms with E-state index in [1.54, 1.807) is 30.5 Å². The van der Waals surface area contributed by atoms with Crippen LogP contribution < -0.4 is 10.1 Å². The van der Waals surface area contributed by atoms with Crippen LogP contribution in [0.4, 0.5) is 0 Å². The minimum atomic E-state index is -0.828. The van der Waals surface area contributed by atoms with E-state index in [2.05, 4.69) is 42.2 Å². The highest BCUT2D eigenvalue weighted by Gasteiger charge is 2.23. The van der Waals surface area contributed by atoms with Crippen molar-refractivity contribution in [3.8, 4) is 5.88 Å². The molecule has 0 spiro atoms. The molecule has 0 radical (unpaired) electrons. The number of esters is 1. The quantitative estimate of drug-likeness (QED) is 0.655. The molecule has 1 atom stereocenters. The first-order valence-electron chi connectivity index (χ1n) is 7.26. The van der Waals surface area contributed by atoms with Gasteiger partial charge in [0, 0.05) is 33.2 Å². The number of nitrogens with one attached hydrogen (secondary N) is 1. The molecule has 1 aromatic carbocycles. The maximum absolute atomic E-state index is 12.5. The Morgan fingerprint density at radius 2 is 1.84 bits per heavy atom. The van der Waals surface area contributed by atoms with Crippen LogP contribution in [0, 0.1) is 0 Å². The number of benzene rings is 1. The molecular weight excluding hydrogens is 456 g/mol. The standard InChI is InChI=1S/C17H16Br2N2O4/c1-24-15-4-3-10(9-20-15)5-14(17(23)25-2)21-16(22)11-6-12(18)8-13(19)7-11/h3-4,6-9,14H,5H2,1-2H3,(H,21,22)/t14-/m1/s1. The Kier molecular flexibility index (Phi) is 6.95. The van der Waals surface area contributed by atoms with Crippen LogP contribution in [-0.2, 0) is 16.0 Å². The van der Waals surface area contributed by atoms with Gasteiger partial charge in [-0.3, -0.25) is 4.79 Å². The summed E-state index contributed by atoms with van der Waals surface area (Å²) in [6.45, 7) is 0. The number of nitrogens with zero attached hydrogens (tertiary/aromatic N) is 1. The maximum Gasteiger partial charge on any atom is 0.328 e. The molecule has 0 saturated carbocycles. The molecule has 25 heavy (non-hydrogen) atoms. The minimum Gasteiger partial charge on any atom is -0.481 e. The van der Waals surface area contributed by atoms with Gasteiger partial charge in [-0.05, 0) is 23.8 Å². The summed E-state index contributed by atoms with van der Waals surface area (Å²) >= 11 is 6.67. The zero-order valence-electron chi connectivity index (χ0n) is 13.6. The molecule has 0 fully saturated rings. The molecule has 8 heteroatoms. The lowest BCUT2D eigenvalue weighted by Crippen LogP contribution is -2.43. The molecule has 0 saturated heterocycles. The number of halogens is 2. The fourth-order valence-electron chi connectivity index (χ4n) is 2.15. The highest BCUT2D eigenvalue weighted by atomic mass is 79.9. The molecule has 6 nitrogen and oxygen atoms in total. The highest BCUT2D eigenvalue weighted by molar-refractivity contribution is 9.11. The van der Waals surface area contributed by atoms with Gasteiger partial charge in [0.25, 0.3) is 5.91 Å². The Labute approximate surface area is 162 Å². The second-order valence-electron chi connectivity index (χ2n) is 5.12. The van der Waals surface area contributed by atoms with Crippen LogP contribution in [0.25, 0.3) is 0 Å². The molecule has 0 bridgehead atoms. The van der Waals surface area contributed by atoms with Crippen molar-refractivity contribution in [2.45, 2.75) is 12.5 Å². The third-order valence-electron chi connectivity index (χ3n) is 3.36. The van der Waals surface area contributed by atoms with E-state index in [0.29, 0.717) is 11.4 Å². The fraction of sp³-hybridized carbons (Fsp3) is 0.235. The van der Waals surface area contributed by atoms with E-state index in [9.17, 15) is 9.59 Å². The van der Waals surface area contributed by atoms with Gasteiger partial charge >= 0.3 is 5.97 Å². The summed E-state index contributed by atoms with van der Waals surface area (Å²) < 4.78 is 11.3. The van der Waals surface area contributed by atoms with Crippen molar-refractivity contribution in [1.82, 2.24) is 10.3 Å². The largest absolute Gasteiger partial charge is 0.481 e. The van der Waals surface area contributed by atoms with Crippen LogP contribution in [0.15, 0.2) is 45.5 Å². The first-order valence-corrected chi connectivity index (χ1v) is 8.85. The molecule has 1 heterocycles. The van der Waals surface area contributed by atoms with E-state index in [4.69, 9.17) is 9.47 Å². The molecule has 0 aliphatic carbocycles. The molecule has 2 aromatic rings. The summed E-state index contributed by atoms with van der Waals surface area (Å²) in [7, 11) is 2.80. The molecule has 1 amide bonds. The lowest BCUT2D eigenvalue weighted by molar-refractivity contribution is -0.142. The van der Waals surface area contributed by atoms with Crippen LogP contribution in [0.2, 0.25) is 0 Å². The van der Waals surface area contributed by atoms with Crippen molar-refractivity contribution >= 4 is 43.7 Å². The van der Waals surface area contributed by atoms with E-state index in [-0.39, 0.29) is 12.3 Å². The first kappa shape index (κ1) is 19.4. The molecule has 2 rings (SSSR count). The molecule has 0 aliphatic rings. The number of pyridine rings is 1. The zero-order valence-corrected chi connectivity index (χ0v) is 16.8. The fourth-order valence-corrected chi connectivity index (χ4v) is 3.44. The maximum atomic E-state index is 12.5. The van der Waals surface area contributed by atoms with E-state index < -0.39 is 12.0 Å². The molecular formula is C17H16Br2N2O4. The lowest BCUT2D eigenvalue weighted by Gasteiger charge is -2.17. The van der Waals surface area contributed by atoms with Crippen molar-refractivity contribution < 1.29 is 19.1 Å². The van der Waals surface area contributed by atoms with E-state index >= 15 is 0 Å². The molecule has 0 aliphatic heterocycles. The van der Waals surface area contributed by atoms with Crippen LogP contribution in [0.5, 0.6) is 5.88 Å². The van der Waals surface area contributed by atoms with Crippen molar-refractivity contribution in [2.24, 2.45) is 0 Å². The summed E-state index contributed by atoms with van der Waals surface area (Å²) in [4.78, 5) is 28.6. The van der Waals surface area contributed by atoms with E-state index in [0.717, 1.165) is 14.5 Å². The number of ether oxygens (including phenoxy) is 2. The normalized spacial score (nSPS) is 11.5. The van der Waals surface area contributed by atoms with Crippen molar-refractivity contribution in [3.05, 3.63) is 56.6 Å². The van der Waals surface area contributed by atoms with E-state index in [1.165, 1.54) is 14.2 Å². The average Bonchev–Trinajstić information content (AvgIpc) is 2.60. The Hall–Kier alpha value is -1.93. The second-order valence-corrected chi connectivity index (χ2v) is 6.95. The van der Waals surface area contributed by atoms with Crippen molar-refractivity contribution in [3.63, 3.8) is 0 Å². The average molecular weight is 472 g/mol. The van der Waals surface area contributed by atoms with Crippen LogP contribution in [0.1, 0.15) is 15.9 Å². The topological polar surface area (TPSA) is 77.5 Å². The summed E-state index contributed by atoms with van der Waals surface area (Å²) in [6, 6.07) is 7.80. The molecule has 1 aromatic heterocycles. The van der Waals surface area contributed by atoms with Gasteiger partial charge in [0.05, 0.1) is 14.2 Å². The summed E-state index contributed by atoms with van der Waals surface area (Å²) in [5.41, 5.74) is 1.19. The number of carbonyl (C=O) groups is 2. The number of aromatic nitrogens is 1. The number of hydrogen-bond donors (Lipinski definition) is 1. The first-order chi connectivity index (χ1) is 11.9. The third kappa shape index (κ3) is 5.54. The van der Waals surface area contributed by atoms with Crippen LogP contribution in [-0.4, -0.2) is 37.1 Å². The summed E-state index contributed by atoms with van der Waals surface area (Å²) in [5, 5.41) is 2.70. The Balaban J connectivity index is 2.16. The number of carbonyl (C=O) groups excluding carboxylic acids is 2. The SMILES string of the molecule is COC(=O)[C@@H](Cc1ccc(OC)nc1)NC(=O)c1cc(Br)cc(Br)c1. The number of hydrogen-bond acceptors (Lipinski definition) is 5. The zero-order chi connectivity index (χ0) is 18.4. The van der Waals surface area contributed by atoms with Crippen molar-refractivity contribution in [1.29, 1.82) is 0 Å². The lowest BCUT2D eigenvalue weighted by atomic mass is 10.1. The summed E-state index contributed by atoms with van der Waals surface area (Å²) in [5.74, 6) is -0.432. The molecule has 132 valence electrons. The van der Waals surface area contributed by atoms with Crippen LogP contribution in [0.3, 0.4) is 0 Å². The van der Waals surface area contributed by atoms with Gasteiger partial charge in [-0.1, -0.05) is 37.9 Å². The second kappa shape index (κ2) is 8.96. The van der Waals surface area contributed by atoms with Gasteiger partial charge < -0.3 is 14.8 Å². The van der Waals surface area contributed by atoms with Crippen molar-refractivity contribution in [2.75, 3.05) is 14.2 Å². The van der Waals surface area contributed by atoms with Gasteiger partial charge in [-0.2, -0.15) is 0 Å². The number of methoxy groups -OCH3 is 2. The van der Waals surface area contributed by atoms with Gasteiger partial charge in [-0.15, -0.1) is 0 Å². The highest BCUT2D eigenvalue weighted by Crippen LogP contribution is 2.20. The van der Waals surface area contributed by atoms with E-state index in [1.807, 2.05) is 6.07 Å². The Morgan fingerprint density at radius 1 is 1.16 bits per heavy atom. The van der Waals surface area contributed by atoms with Gasteiger partial charge in [0.15, 0.2) is 0 Å². The Morgan fingerprint density at radius 3 is 2.36 bits per heavy atom. The third-order valence-corrected chi connectivity index (χ3v) is 4.28. The Bertz CT molecular complexity index is 745. The van der Waals surface area contributed by atoms with Gasteiger partial charge in [0.1, 0.15) is 6.04 Å². The monoisotopic (exact) mass is 470 g/mol. The van der Waals surface area contributed by atoms with Gasteiger partial charge in [0.2, 0.25) is 5.88 Å². The molecule has 0 unspecified atom stereocenters. The number of rotatable bonds is 6. The predicted molar refractivity (Wildman–Crippen MR) is 99.6 cm³/mol. The predicted octanol–water partition coefficient (Wildman–Crippen LogP) is 3.13. The van der Waals surface area contributed by atoms with Gasteiger partial charge in [-0.25, -0.2) is 9.78 Å². The molecule has 1 N–H and O–H groups in total. The smallest absolute Gasteiger partial charge is 0.328 e.